The number of nitrogens with two attached hydrogens (primary N) is 2. The number of hydrogen-bond donors (Lipinski definition) is 2. The van der Waals surface area contributed by atoms with Crippen LogP contribution in [0.1, 0.15) is 25.0 Å². The molecule has 0 saturated heterocycles. The molecule has 2 aliphatic rings. The van der Waals surface area contributed by atoms with Crippen molar-refractivity contribution in [2.75, 3.05) is 13.1 Å². The standard InChI is InChI=1S/C27H32N6/c1-19-18-32(26(29)31-19)27(2,16-20-9-4-3-5-10-20)33-23(17-30-25(33)28)15-22-13-8-12-21-11-6-7-14-24(21)22/h3-14,19,23H,15-18H2,1-2H3,(H2,28,30)(H2,29,31). The molecule has 3 aromatic rings. The first kappa shape index (κ1) is 21.3. The molecule has 3 atom stereocenters. The molecule has 0 aliphatic carbocycles. The van der Waals surface area contributed by atoms with Crippen molar-refractivity contribution in [2.45, 2.75) is 44.4 Å². The van der Waals surface area contributed by atoms with Crippen LogP contribution in [0.2, 0.25) is 0 Å². The molecule has 5 rings (SSSR count). The molecule has 0 radical (unpaired) electrons. The minimum Gasteiger partial charge on any atom is -0.370 e. The lowest BCUT2D eigenvalue weighted by molar-refractivity contribution is 0.0333. The fourth-order valence-corrected chi connectivity index (χ4v) is 5.49. The van der Waals surface area contributed by atoms with Gasteiger partial charge in [-0.15, -0.1) is 0 Å². The number of nitrogens with zero attached hydrogens (tertiary/aromatic N) is 4. The summed E-state index contributed by atoms with van der Waals surface area (Å²) in [6, 6.07) is 25.9. The molecule has 2 heterocycles. The van der Waals surface area contributed by atoms with Gasteiger partial charge in [0.15, 0.2) is 11.9 Å². The monoisotopic (exact) mass is 440 g/mol. The fourth-order valence-electron chi connectivity index (χ4n) is 5.49. The van der Waals surface area contributed by atoms with E-state index in [2.05, 4.69) is 95.4 Å². The second kappa shape index (κ2) is 8.43. The second-order valence-electron chi connectivity index (χ2n) is 9.39. The number of hydrogen-bond acceptors (Lipinski definition) is 6. The lowest BCUT2D eigenvalue weighted by Gasteiger charge is -2.49. The van der Waals surface area contributed by atoms with Gasteiger partial charge >= 0.3 is 0 Å². The first-order chi connectivity index (χ1) is 16.0. The molecule has 33 heavy (non-hydrogen) atoms. The third-order valence-electron chi connectivity index (χ3n) is 6.97. The molecule has 0 spiro atoms. The molecule has 3 aromatic carbocycles. The maximum Gasteiger partial charge on any atom is 0.193 e. The van der Waals surface area contributed by atoms with Crippen LogP contribution in [0.4, 0.5) is 0 Å². The van der Waals surface area contributed by atoms with E-state index < -0.39 is 5.66 Å². The van der Waals surface area contributed by atoms with Gasteiger partial charge in [0.25, 0.3) is 0 Å². The van der Waals surface area contributed by atoms with E-state index in [1.807, 2.05) is 6.07 Å². The highest BCUT2D eigenvalue weighted by Gasteiger charge is 2.47. The number of rotatable bonds is 6. The Balaban J connectivity index is 1.53. The third-order valence-corrected chi connectivity index (χ3v) is 6.97. The van der Waals surface area contributed by atoms with Gasteiger partial charge in [-0.3, -0.25) is 4.99 Å². The zero-order valence-electron chi connectivity index (χ0n) is 19.4. The molecule has 0 saturated carbocycles. The molecule has 6 nitrogen and oxygen atoms in total. The van der Waals surface area contributed by atoms with E-state index >= 15 is 0 Å². The van der Waals surface area contributed by atoms with Gasteiger partial charge in [-0.05, 0) is 42.2 Å². The third kappa shape index (κ3) is 3.90. The first-order valence-electron chi connectivity index (χ1n) is 11.7. The lowest BCUT2D eigenvalue weighted by Crippen LogP contribution is -2.67. The Morgan fingerprint density at radius 1 is 0.939 bits per heavy atom. The normalized spacial score (nSPS) is 22.4. The van der Waals surface area contributed by atoms with Gasteiger partial charge in [0.1, 0.15) is 5.66 Å². The number of benzene rings is 3. The Morgan fingerprint density at radius 2 is 1.67 bits per heavy atom. The van der Waals surface area contributed by atoms with E-state index in [-0.39, 0.29) is 12.1 Å². The highest BCUT2D eigenvalue weighted by molar-refractivity contribution is 5.87. The zero-order chi connectivity index (χ0) is 23.0. The van der Waals surface area contributed by atoms with E-state index in [0.717, 1.165) is 19.4 Å². The number of guanidine groups is 2. The van der Waals surface area contributed by atoms with E-state index in [1.165, 1.54) is 21.9 Å². The molecular weight excluding hydrogens is 408 g/mol. The summed E-state index contributed by atoms with van der Waals surface area (Å²) < 4.78 is 0. The van der Waals surface area contributed by atoms with Crippen molar-refractivity contribution in [2.24, 2.45) is 21.5 Å². The second-order valence-corrected chi connectivity index (χ2v) is 9.39. The van der Waals surface area contributed by atoms with Crippen LogP contribution in [0.5, 0.6) is 0 Å². The van der Waals surface area contributed by atoms with Crippen LogP contribution in [0.3, 0.4) is 0 Å². The number of fused-ring (bicyclic) bond motifs is 1. The van der Waals surface area contributed by atoms with Crippen molar-refractivity contribution in [3.05, 3.63) is 83.9 Å². The predicted molar refractivity (Wildman–Crippen MR) is 136 cm³/mol. The SMILES string of the molecule is CC1CN(C(C)(Cc2ccccc2)N2C(N)=NCC2Cc2cccc3ccccc23)C(N)=N1. The Morgan fingerprint density at radius 3 is 2.42 bits per heavy atom. The summed E-state index contributed by atoms with van der Waals surface area (Å²) in [6.07, 6.45) is 1.62. The average Bonchev–Trinajstić information content (AvgIpc) is 3.36. The largest absolute Gasteiger partial charge is 0.370 e. The average molecular weight is 441 g/mol. The van der Waals surface area contributed by atoms with Crippen LogP contribution in [0.15, 0.2) is 82.8 Å². The summed E-state index contributed by atoms with van der Waals surface area (Å²) in [5.74, 6) is 1.15. The first-order valence-corrected chi connectivity index (χ1v) is 11.7. The summed E-state index contributed by atoms with van der Waals surface area (Å²) in [6.45, 7) is 5.76. The van der Waals surface area contributed by atoms with E-state index in [1.54, 1.807) is 0 Å². The lowest BCUT2D eigenvalue weighted by atomic mass is 9.93. The van der Waals surface area contributed by atoms with Gasteiger partial charge in [-0.1, -0.05) is 72.8 Å². The molecular formula is C27H32N6. The van der Waals surface area contributed by atoms with E-state index in [9.17, 15) is 0 Å². The van der Waals surface area contributed by atoms with E-state index in [4.69, 9.17) is 16.5 Å². The molecule has 0 aromatic heterocycles. The summed E-state index contributed by atoms with van der Waals surface area (Å²) in [7, 11) is 0. The smallest absolute Gasteiger partial charge is 0.193 e. The van der Waals surface area contributed by atoms with Crippen molar-refractivity contribution in [1.82, 2.24) is 9.80 Å². The molecule has 3 unspecified atom stereocenters. The molecule has 0 bridgehead atoms. The highest BCUT2D eigenvalue weighted by Crippen LogP contribution is 2.34. The fraction of sp³-hybridized carbons (Fsp3) is 0.333. The van der Waals surface area contributed by atoms with Crippen LogP contribution in [0, 0.1) is 0 Å². The zero-order valence-corrected chi connectivity index (χ0v) is 19.4. The maximum absolute atomic E-state index is 6.59. The van der Waals surface area contributed by atoms with Gasteiger partial charge in [0, 0.05) is 13.0 Å². The molecule has 6 heteroatoms. The minimum absolute atomic E-state index is 0.133. The van der Waals surface area contributed by atoms with Gasteiger partial charge in [-0.2, -0.15) is 0 Å². The van der Waals surface area contributed by atoms with Crippen molar-refractivity contribution < 1.29 is 0 Å². The predicted octanol–water partition coefficient (Wildman–Crippen LogP) is 3.36. The molecule has 4 N–H and O–H groups in total. The van der Waals surface area contributed by atoms with Gasteiger partial charge in [-0.25, -0.2) is 4.99 Å². The molecule has 0 amide bonds. The van der Waals surface area contributed by atoms with Crippen LogP contribution in [0.25, 0.3) is 10.8 Å². The summed E-state index contributed by atoms with van der Waals surface area (Å²) >= 11 is 0. The summed E-state index contributed by atoms with van der Waals surface area (Å²) in [5.41, 5.74) is 15.1. The maximum atomic E-state index is 6.59. The number of aliphatic imine (C=N–C) groups is 2. The highest BCUT2D eigenvalue weighted by atomic mass is 15.5. The van der Waals surface area contributed by atoms with E-state index in [0.29, 0.717) is 18.5 Å². The minimum atomic E-state index is -0.487. The Labute approximate surface area is 195 Å². The Kier molecular flexibility index (Phi) is 5.44. The van der Waals surface area contributed by atoms with Crippen LogP contribution < -0.4 is 11.5 Å². The van der Waals surface area contributed by atoms with Crippen molar-refractivity contribution >= 4 is 22.7 Å². The Bertz CT molecular complexity index is 1200. The molecule has 2 aliphatic heterocycles. The van der Waals surface area contributed by atoms with Crippen molar-refractivity contribution in [3.63, 3.8) is 0 Å². The Hall–Kier alpha value is -3.54. The van der Waals surface area contributed by atoms with Crippen LogP contribution >= 0.6 is 0 Å². The van der Waals surface area contributed by atoms with Crippen LogP contribution in [-0.2, 0) is 12.8 Å². The van der Waals surface area contributed by atoms with Crippen LogP contribution in [-0.4, -0.2) is 52.6 Å². The van der Waals surface area contributed by atoms with Gasteiger partial charge in [0.2, 0.25) is 0 Å². The quantitative estimate of drug-likeness (QED) is 0.616. The molecule has 170 valence electrons. The van der Waals surface area contributed by atoms with Gasteiger partial charge < -0.3 is 21.3 Å². The summed E-state index contributed by atoms with van der Waals surface area (Å²) in [5, 5.41) is 2.54. The topological polar surface area (TPSA) is 83.2 Å². The van der Waals surface area contributed by atoms with Crippen molar-refractivity contribution in [1.29, 1.82) is 0 Å². The molecule has 0 fully saturated rings. The summed E-state index contributed by atoms with van der Waals surface area (Å²) in [4.78, 5) is 13.9. The van der Waals surface area contributed by atoms with Gasteiger partial charge in [0.05, 0.1) is 18.6 Å². The van der Waals surface area contributed by atoms with Crippen molar-refractivity contribution in [3.8, 4) is 0 Å².